The van der Waals surface area contributed by atoms with E-state index >= 15 is 0 Å². The lowest BCUT2D eigenvalue weighted by atomic mass is 9.98. The van der Waals surface area contributed by atoms with E-state index in [1.807, 2.05) is 0 Å². The van der Waals surface area contributed by atoms with Gasteiger partial charge in [-0.3, -0.25) is 4.79 Å². The minimum absolute atomic E-state index is 0.534. The molecule has 0 aromatic rings. The zero-order valence-corrected chi connectivity index (χ0v) is 8.33. The maximum atomic E-state index is 11.7. The van der Waals surface area contributed by atoms with Crippen LogP contribution in [0, 0.1) is 29.6 Å². The van der Waals surface area contributed by atoms with E-state index in [9.17, 15) is 4.79 Å². The van der Waals surface area contributed by atoms with Crippen molar-refractivity contribution < 1.29 is 4.79 Å². The second kappa shape index (κ2) is 2.59. The van der Waals surface area contributed by atoms with Crippen LogP contribution >= 0.6 is 0 Å². The van der Waals surface area contributed by atoms with Gasteiger partial charge < -0.3 is 0 Å². The summed E-state index contributed by atoms with van der Waals surface area (Å²) in [5.74, 6) is 4.76. The number of carbonyl (C=O) groups is 1. The maximum Gasteiger partial charge on any atom is 0.136 e. The standard InChI is InChI=1S/C12H18O/c1-2-3-9(13)12-10-7-4-5-8(6-7)11(10)12/h7-8,10-12H,2-6H2,1H3. The predicted molar refractivity (Wildman–Crippen MR) is 51.2 cm³/mol. The van der Waals surface area contributed by atoms with E-state index in [-0.39, 0.29) is 0 Å². The Morgan fingerprint density at radius 1 is 1.23 bits per heavy atom. The first-order valence-corrected chi connectivity index (χ1v) is 5.85. The van der Waals surface area contributed by atoms with Crippen molar-refractivity contribution in [1.82, 2.24) is 0 Å². The van der Waals surface area contributed by atoms with Crippen LogP contribution in [0.25, 0.3) is 0 Å². The van der Waals surface area contributed by atoms with Gasteiger partial charge in [-0.15, -0.1) is 0 Å². The Labute approximate surface area is 79.9 Å². The van der Waals surface area contributed by atoms with Crippen LogP contribution in [-0.2, 0) is 4.79 Å². The third-order valence-corrected chi connectivity index (χ3v) is 4.60. The molecule has 4 atom stereocenters. The zero-order chi connectivity index (χ0) is 9.00. The fraction of sp³-hybridized carbons (Fsp3) is 0.917. The normalized spacial score (nSPS) is 50.7. The summed E-state index contributed by atoms with van der Waals surface area (Å²) in [6.45, 7) is 2.12. The molecule has 0 heterocycles. The monoisotopic (exact) mass is 178 g/mol. The third-order valence-electron chi connectivity index (χ3n) is 4.60. The molecule has 0 aliphatic heterocycles. The fourth-order valence-corrected chi connectivity index (χ4v) is 4.17. The number of rotatable bonds is 3. The number of hydrogen-bond donors (Lipinski definition) is 0. The first-order chi connectivity index (χ1) is 6.33. The summed E-state index contributed by atoms with van der Waals surface area (Å²) in [4.78, 5) is 11.7. The van der Waals surface area contributed by atoms with Crippen molar-refractivity contribution in [2.24, 2.45) is 29.6 Å². The Bertz CT molecular complexity index is 230. The van der Waals surface area contributed by atoms with E-state index in [2.05, 4.69) is 6.92 Å². The molecule has 2 bridgehead atoms. The number of ketones is 1. The third kappa shape index (κ3) is 0.963. The van der Waals surface area contributed by atoms with E-state index < -0.39 is 0 Å². The number of fused-ring (bicyclic) bond motifs is 5. The van der Waals surface area contributed by atoms with Gasteiger partial charge in [0, 0.05) is 12.3 Å². The largest absolute Gasteiger partial charge is 0.299 e. The molecule has 0 aromatic carbocycles. The smallest absolute Gasteiger partial charge is 0.136 e. The van der Waals surface area contributed by atoms with Crippen molar-refractivity contribution in [2.75, 3.05) is 0 Å². The van der Waals surface area contributed by atoms with Gasteiger partial charge in [-0.1, -0.05) is 6.92 Å². The summed E-state index contributed by atoms with van der Waals surface area (Å²) in [6.07, 6.45) is 6.22. The lowest BCUT2D eigenvalue weighted by Gasteiger charge is -2.06. The Morgan fingerprint density at radius 2 is 1.85 bits per heavy atom. The van der Waals surface area contributed by atoms with Crippen LogP contribution in [0.4, 0.5) is 0 Å². The predicted octanol–water partition coefficient (Wildman–Crippen LogP) is 2.65. The Hall–Kier alpha value is -0.330. The van der Waals surface area contributed by atoms with Crippen molar-refractivity contribution in [3.63, 3.8) is 0 Å². The molecule has 4 unspecified atom stereocenters. The summed E-state index contributed by atoms with van der Waals surface area (Å²) in [6, 6.07) is 0. The Kier molecular flexibility index (Phi) is 1.59. The van der Waals surface area contributed by atoms with Crippen LogP contribution in [0.2, 0.25) is 0 Å². The first kappa shape index (κ1) is 8.02. The molecule has 3 saturated carbocycles. The minimum Gasteiger partial charge on any atom is -0.299 e. The molecule has 1 nitrogen and oxygen atoms in total. The van der Waals surface area contributed by atoms with Crippen molar-refractivity contribution in [3.8, 4) is 0 Å². The van der Waals surface area contributed by atoms with Gasteiger partial charge in [-0.2, -0.15) is 0 Å². The second-order valence-corrected chi connectivity index (χ2v) is 5.23. The fourth-order valence-electron chi connectivity index (χ4n) is 4.17. The molecular formula is C12H18O. The van der Waals surface area contributed by atoms with E-state index in [1.54, 1.807) is 0 Å². The number of Topliss-reactive ketones (excluding diaryl/α,β-unsaturated/α-hetero) is 1. The molecule has 3 aliphatic carbocycles. The summed E-state index contributed by atoms with van der Waals surface area (Å²) < 4.78 is 0. The molecule has 3 rings (SSSR count). The average Bonchev–Trinajstić information content (AvgIpc) is 2.57. The molecule has 3 aliphatic rings. The molecule has 0 amide bonds. The molecule has 0 N–H and O–H groups in total. The van der Waals surface area contributed by atoms with Crippen LogP contribution in [0.5, 0.6) is 0 Å². The van der Waals surface area contributed by atoms with E-state index in [0.717, 1.165) is 36.5 Å². The highest BCUT2D eigenvalue weighted by atomic mass is 16.1. The van der Waals surface area contributed by atoms with E-state index in [1.165, 1.54) is 19.3 Å². The second-order valence-electron chi connectivity index (χ2n) is 5.23. The van der Waals surface area contributed by atoms with Gasteiger partial charge in [0.15, 0.2) is 0 Å². The lowest BCUT2D eigenvalue weighted by Crippen LogP contribution is -2.08. The van der Waals surface area contributed by atoms with Crippen LogP contribution < -0.4 is 0 Å². The molecular weight excluding hydrogens is 160 g/mol. The van der Waals surface area contributed by atoms with Gasteiger partial charge >= 0.3 is 0 Å². The maximum absolute atomic E-state index is 11.7. The SMILES string of the molecule is CCCC(=O)C1C2C3CCC(C3)C12. The van der Waals surface area contributed by atoms with Crippen LogP contribution in [0.3, 0.4) is 0 Å². The Balaban J connectivity index is 1.69. The Morgan fingerprint density at radius 3 is 2.38 bits per heavy atom. The molecule has 0 radical (unpaired) electrons. The molecule has 72 valence electrons. The highest BCUT2D eigenvalue weighted by molar-refractivity contribution is 5.84. The molecule has 13 heavy (non-hydrogen) atoms. The average molecular weight is 178 g/mol. The summed E-state index contributed by atoms with van der Waals surface area (Å²) in [5.41, 5.74) is 0. The van der Waals surface area contributed by atoms with Gasteiger partial charge in [-0.05, 0) is 49.4 Å². The quantitative estimate of drug-likeness (QED) is 0.649. The topological polar surface area (TPSA) is 17.1 Å². The number of carbonyl (C=O) groups excluding carboxylic acids is 1. The summed E-state index contributed by atoms with van der Waals surface area (Å²) in [7, 11) is 0. The van der Waals surface area contributed by atoms with Crippen LogP contribution in [0.1, 0.15) is 39.0 Å². The van der Waals surface area contributed by atoms with Gasteiger partial charge in [0.1, 0.15) is 5.78 Å². The van der Waals surface area contributed by atoms with Crippen molar-refractivity contribution in [1.29, 1.82) is 0 Å². The minimum atomic E-state index is 0.534. The van der Waals surface area contributed by atoms with E-state index in [4.69, 9.17) is 0 Å². The number of hydrogen-bond acceptors (Lipinski definition) is 1. The van der Waals surface area contributed by atoms with E-state index in [0.29, 0.717) is 11.7 Å². The lowest BCUT2D eigenvalue weighted by molar-refractivity contribution is -0.121. The zero-order valence-electron chi connectivity index (χ0n) is 8.33. The molecule has 1 heteroatoms. The van der Waals surface area contributed by atoms with Gasteiger partial charge in [0.05, 0.1) is 0 Å². The van der Waals surface area contributed by atoms with Crippen molar-refractivity contribution in [3.05, 3.63) is 0 Å². The van der Waals surface area contributed by atoms with Gasteiger partial charge in [0.25, 0.3) is 0 Å². The van der Waals surface area contributed by atoms with Crippen LogP contribution in [-0.4, -0.2) is 5.78 Å². The molecule has 0 aromatic heterocycles. The highest BCUT2D eigenvalue weighted by Crippen LogP contribution is 2.69. The van der Waals surface area contributed by atoms with Crippen molar-refractivity contribution in [2.45, 2.75) is 39.0 Å². The summed E-state index contributed by atoms with van der Waals surface area (Å²) in [5, 5.41) is 0. The van der Waals surface area contributed by atoms with Crippen molar-refractivity contribution >= 4 is 5.78 Å². The molecule has 0 spiro atoms. The first-order valence-electron chi connectivity index (χ1n) is 5.85. The highest BCUT2D eigenvalue weighted by Gasteiger charge is 2.66. The molecule has 0 saturated heterocycles. The molecule has 3 fully saturated rings. The van der Waals surface area contributed by atoms with Gasteiger partial charge in [-0.25, -0.2) is 0 Å². The van der Waals surface area contributed by atoms with Crippen LogP contribution in [0.15, 0.2) is 0 Å². The van der Waals surface area contributed by atoms with Gasteiger partial charge in [0.2, 0.25) is 0 Å². The summed E-state index contributed by atoms with van der Waals surface area (Å²) >= 11 is 0.